The summed E-state index contributed by atoms with van der Waals surface area (Å²) in [5, 5.41) is 5.57. The number of carbonyl (C=O) groups excluding carboxylic acids is 1. The van der Waals surface area contributed by atoms with Gasteiger partial charge in [0.05, 0.1) is 18.8 Å². The van der Waals surface area contributed by atoms with Crippen molar-refractivity contribution in [3.8, 4) is 0 Å². The fraction of sp³-hybridized carbons (Fsp3) is 0.462. The van der Waals surface area contributed by atoms with Crippen molar-refractivity contribution in [3.63, 3.8) is 0 Å². The molecule has 1 fully saturated rings. The van der Waals surface area contributed by atoms with Gasteiger partial charge in [-0.15, -0.1) is 12.4 Å². The van der Waals surface area contributed by atoms with E-state index in [1.165, 1.54) is 6.07 Å². The molecular formula is C13H16ClF3N2O2. The second-order valence-electron chi connectivity index (χ2n) is 4.50. The van der Waals surface area contributed by atoms with Gasteiger partial charge in [-0.2, -0.15) is 13.2 Å². The Morgan fingerprint density at radius 1 is 1.43 bits per heavy atom. The molecule has 2 N–H and O–H groups in total. The van der Waals surface area contributed by atoms with E-state index >= 15 is 0 Å². The normalized spacial score (nSPS) is 18.7. The number of benzene rings is 1. The van der Waals surface area contributed by atoms with E-state index in [4.69, 9.17) is 4.74 Å². The molecule has 21 heavy (non-hydrogen) atoms. The molecule has 0 saturated carbocycles. The molecule has 1 aliphatic rings. The molecule has 4 nitrogen and oxygen atoms in total. The molecule has 1 amide bonds. The first kappa shape index (κ1) is 17.7. The maximum Gasteiger partial charge on any atom is 0.416 e. The molecule has 1 unspecified atom stereocenters. The van der Waals surface area contributed by atoms with Crippen LogP contribution in [0.4, 0.5) is 13.2 Å². The Bertz CT molecular complexity index is 477. The Morgan fingerprint density at radius 3 is 2.81 bits per heavy atom. The summed E-state index contributed by atoms with van der Waals surface area (Å²) in [5.74, 6) is -0.276. The maximum absolute atomic E-state index is 12.5. The fourth-order valence-corrected chi connectivity index (χ4v) is 1.90. The van der Waals surface area contributed by atoms with Crippen LogP contribution in [0.1, 0.15) is 11.1 Å². The maximum atomic E-state index is 12.5. The minimum absolute atomic E-state index is 0. The quantitative estimate of drug-likeness (QED) is 0.890. The van der Waals surface area contributed by atoms with Crippen molar-refractivity contribution in [1.29, 1.82) is 0 Å². The number of morpholine rings is 1. The molecule has 1 atom stereocenters. The van der Waals surface area contributed by atoms with E-state index in [1.807, 2.05) is 0 Å². The number of amides is 1. The van der Waals surface area contributed by atoms with E-state index in [0.29, 0.717) is 18.7 Å². The lowest BCUT2D eigenvalue weighted by atomic mass is 10.1. The first-order valence-corrected chi connectivity index (χ1v) is 6.22. The van der Waals surface area contributed by atoms with E-state index in [0.717, 1.165) is 12.1 Å². The Balaban J connectivity index is 0.00000220. The summed E-state index contributed by atoms with van der Waals surface area (Å²) in [4.78, 5) is 11.8. The topological polar surface area (TPSA) is 50.4 Å². The van der Waals surface area contributed by atoms with Crippen LogP contribution in [-0.2, 0) is 22.3 Å². The highest BCUT2D eigenvalue weighted by Crippen LogP contribution is 2.29. The van der Waals surface area contributed by atoms with Crippen LogP contribution in [0.2, 0.25) is 0 Å². The molecule has 1 aromatic rings. The number of rotatable bonds is 3. The number of alkyl halides is 3. The Morgan fingerprint density at radius 2 is 2.19 bits per heavy atom. The number of hydrogen-bond acceptors (Lipinski definition) is 3. The van der Waals surface area contributed by atoms with Crippen molar-refractivity contribution in [3.05, 3.63) is 35.4 Å². The molecule has 0 aromatic heterocycles. The lowest BCUT2D eigenvalue weighted by Crippen LogP contribution is -2.51. The molecule has 0 bridgehead atoms. The second-order valence-corrected chi connectivity index (χ2v) is 4.50. The molecule has 0 radical (unpaired) electrons. The van der Waals surface area contributed by atoms with Gasteiger partial charge in [0, 0.05) is 13.1 Å². The standard InChI is InChI=1S/C13H15F3N2O2.ClH/c14-13(15,16)10-3-1-2-9(6-10)7-18-12(19)11-8-20-5-4-17-11;/h1-3,6,11,17H,4-5,7-8H2,(H,18,19);1H. The van der Waals surface area contributed by atoms with Gasteiger partial charge in [-0.05, 0) is 17.7 Å². The third kappa shape index (κ3) is 5.18. The van der Waals surface area contributed by atoms with Crippen molar-refractivity contribution >= 4 is 18.3 Å². The van der Waals surface area contributed by atoms with Crippen molar-refractivity contribution in [2.75, 3.05) is 19.8 Å². The Hall–Kier alpha value is -1.31. The first-order valence-electron chi connectivity index (χ1n) is 6.22. The predicted molar refractivity (Wildman–Crippen MR) is 73.1 cm³/mol. The summed E-state index contributed by atoms with van der Waals surface area (Å²) in [5.41, 5.74) is -0.312. The molecule has 1 saturated heterocycles. The van der Waals surface area contributed by atoms with Gasteiger partial charge in [-0.25, -0.2) is 0 Å². The average Bonchev–Trinajstić information content (AvgIpc) is 2.45. The molecular weight excluding hydrogens is 309 g/mol. The zero-order valence-corrected chi connectivity index (χ0v) is 11.9. The highest BCUT2D eigenvalue weighted by atomic mass is 35.5. The molecule has 1 aliphatic heterocycles. The summed E-state index contributed by atoms with van der Waals surface area (Å²) >= 11 is 0. The molecule has 0 aliphatic carbocycles. The van der Waals surface area contributed by atoms with Crippen LogP contribution in [0, 0.1) is 0 Å². The van der Waals surface area contributed by atoms with Gasteiger partial charge in [0.25, 0.3) is 0 Å². The van der Waals surface area contributed by atoms with Crippen molar-refractivity contribution in [1.82, 2.24) is 10.6 Å². The van der Waals surface area contributed by atoms with Crippen molar-refractivity contribution in [2.45, 2.75) is 18.8 Å². The van der Waals surface area contributed by atoms with Gasteiger partial charge in [0.1, 0.15) is 6.04 Å². The van der Waals surface area contributed by atoms with Gasteiger partial charge < -0.3 is 15.4 Å². The van der Waals surface area contributed by atoms with Gasteiger partial charge in [0.15, 0.2) is 0 Å². The number of carbonyl (C=O) groups is 1. The fourth-order valence-electron chi connectivity index (χ4n) is 1.90. The minimum Gasteiger partial charge on any atom is -0.378 e. The lowest BCUT2D eigenvalue weighted by molar-refractivity contribution is -0.137. The largest absolute Gasteiger partial charge is 0.416 e. The van der Waals surface area contributed by atoms with Gasteiger partial charge >= 0.3 is 6.18 Å². The predicted octanol–water partition coefficient (Wildman–Crippen LogP) is 1.73. The zero-order chi connectivity index (χ0) is 14.6. The summed E-state index contributed by atoms with van der Waals surface area (Å²) < 4.78 is 42.8. The van der Waals surface area contributed by atoms with Crippen LogP contribution < -0.4 is 10.6 Å². The number of hydrogen-bond donors (Lipinski definition) is 2. The SMILES string of the molecule is Cl.O=C(NCc1cccc(C(F)(F)F)c1)C1COCCN1. The minimum atomic E-state index is -4.38. The number of halogens is 4. The van der Waals surface area contributed by atoms with E-state index in [-0.39, 0.29) is 31.5 Å². The second kappa shape index (κ2) is 7.63. The van der Waals surface area contributed by atoms with Gasteiger partial charge in [-0.3, -0.25) is 4.79 Å². The first-order chi connectivity index (χ1) is 9.47. The summed E-state index contributed by atoms with van der Waals surface area (Å²) in [6.45, 7) is 1.47. The zero-order valence-electron chi connectivity index (χ0n) is 11.1. The third-order valence-corrected chi connectivity index (χ3v) is 2.96. The smallest absolute Gasteiger partial charge is 0.378 e. The van der Waals surface area contributed by atoms with E-state index in [1.54, 1.807) is 6.07 Å². The molecule has 0 spiro atoms. The summed E-state index contributed by atoms with van der Waals surface area (Å²) in [6, 6.07) is 4.45. The molecule has 1 aromatic carbocycles. The van der Waals surface area contributed by atoms with E-state index in [9.17, 15) is 18.0 Å². The van der Waals surface area contributed by atoms with Gasteiger partial charge in [0.2, 0.25) is 5.91 Å². The number of nitrogens with one attached hydrogen (secondary N) is 2. The monoisotopic (exact) mass is 324 g/mol. The van der Waals surface area contributed by atoms with Gasteiger partial charge in [-0.1, -0.05) is 12.1 Å². The highest BCUT2D eigenvalue weighted by molar-refractivity contribution is 5.85. The van der Waals surface area contributed by atoms with Crippen LogP contribution in [0.15, 0.2) is 24.3 Å². The van der Waals surface area contributed by atoms with Crippen LogP contribution in [0.5, 0.6) is 0 Å². The molecule has 2 rings (SSSR count). The lowest BCUT2D eigenvalue weighted by Gasteiger charge is -2.22. The number of ether oxygens (including phenoxy) is 1. The van der Waals surface area contributed by atoms with Crippen molar-refractivity contribution in [2.24, 2.45) is 0 Å². The Labute approximate surface area is 126 Å². The van der Waals surface area contributed by atoms with Crippen LogP contribution in [0.25, 0.3) is 0 Å². The van der Waals surface area contributed by atoms with E-state index < -0.39 is 17.8 Å². The average molecular weight is 325 g/mol. The summed E-state index contributed by atoms with van der Waals surface area (Å²) in [7, 11) is 0. The van der Waals surface area contributed by atoms with E-state index in [2.05, 4.69) is 10.6 Å². The Kier molecular flexibility index (Phi) is 6.44. The third-order valence-electron chi connectivity index (χ3n) is 2.96. The molecule has 8 heteroatoms. The molecule has 1 heterocycles. The van der Waals surface area contributed by atoms with Crippen LogP contribution in [-0.4, -0.2) is 31.7 Å². The van der Waals surface area contributed by atoms with Crippen LogP contribution >= 0.6 is 12.4 Å². The van der Waals surface area contributed by atoms with Crippen molar-refractivity contribution < 1.29 is 22.7 Å². The summed E-state index contributed by atoms with van der Waals surface area (Å²) in [6.07, 6.45) is -4.38. The molecule has 118 valence electrons. The van der Waals surface area contributed by atoms with Crippen LogP contribution in [0.3, 0.4) is 0 Å². The highest BCUT2D eigenvalue weighted by Gasteiger charge is 2.30.